The molecule has 0 saturated carbocycles. The number of nitrogens with one attached hydrogen (secondary N) is 1. The van der Waals surface area contributed by atoms with E-state index in [2.05, 4.69) is 22.1 Å². The summed E-state index contributed by atoms with van der Waals surface area (Å²) in [5, 5.41) is 3.33. The highest BCUT2D eigenvalue weighted by Gasteiger charge is 2.24. The number of benzene rings is 1. The zero-order chi connectivity index (χ0) is 21.4. The monoisotopic (exact) mass is 406 g/mol. The van der Waals surface area contributed by atoms with Crippen LogP contribution in [0.3, 0.4) is 0 Å². The quantitative estimate of drug-likeness (QED) is 0.655. The normalized spacial score (nSPS) is 14.1. The van der Waals surface area contributed by atoms with Gasteiger partial charge in [-0.2, -0.15) is 4.98 Å². The van der Waals surface area contributed by atoms with Crippen molar-refractivity contribution in [3.05, 3.63) is 50.2 Å². The van der Waals surface area contributed by atoms with Gasteiger partial charge in [0.25, 0.3) is 5.56 Å². The molecule has 0 bridgehead atoms. The van der Waals surface area contributed by atoms with Crippen LogP contribution < -0.4 is 21.5 Å². The minimum absolute atomic E-state index is 0.340. The zero-order valence-corrected chi connectivity index (χ0v) is 17.8. The van der Waals surface area contributed by atoms with E-state index in [1.165, 1.54) is 11.6 Å². The lowest BCUT2D eigenvalue weighted by atomic mass is 10.1. The Morgan fingerprint density at radius 1 is 1.13 bits per heavy atom. The minimum Gasteiger partial charge on any atom is -0.340 e. The molecule has 4 rings (SSSR count). The Bertz CT molecular complexity index is 1300. The van der Waals surface area contributed by atoms with Gasteiger partial charge in [0.1, 0.15) is 0 Å². The number of hydrogen-bond donors (Lipinski definition) is 1. The lowest BCUT2D eigenvalue weighted by molar-refractivity contribution is 0.573. The number of rotatable bonds is 3. The van der Waals surface area contributed by atoms with Gasteiger partial charge in [0.15, 0.2) is 11.2 Å². The van der Waals surface area contributed by atoms with Crippen molar-refractivity contribution in [2.24, 2.45) is 7.05 Å². The number of imidazole rings is 1. The van der Waals surface area contributed by atoms with Crippen LogP contribution >= 0.6 is 0 Å². The molecular formula is C22H26N6O2. The number of nitrogens with zero attached hydrogens (tertiary/aromatic N) is 5. The first-order valence-electron chi connectivity index (χ1n) is 10.1. The van der Waals surface area contributed by atoms with Gasteiger partial charge < -0.3 is 10.2 Å². The van der Waals surface area contributed by atoms with Crippen LogP contribution in [0.2, 0.25) is 0 Å². The molecule has 1 fully saturated rings. The fourth-order valence-corrected chi connectivity index (χ4v) is 3.79. The highest BCUT2D eigenvalue weighted by atomic mass is 16.2. The Balaban J connectivity index is 2.08. The van der Waals surface area contributed by atoms with Gasteiger partial charge in [-0.25, -0.2) is 9.36 Å². The number of hydrogen-bond acceptors (Lipinski definition) is 5. The van der Waals surface area contributed by atoms with E-state index in [9.17, 15) is 9.59 Å². The molecule has 2 aromatic heterocycles. The van der Waals surface area contributed by atoms with E-state index in [0.29, 0.717) is 29.3 Å². The molecule has 8 nitrogen and oxygen atoms in total. The molecule has 0 radical (unpaired) electrons. The van der Waals surface area contributed by atoms with Crippen LogP contribution in [0, 0.1) is 25.7 Å². The van der Waals surface area contributed by atoms with Crippen molar-refractivity contribution in [1.29, 1.82) is 0 Å². The molecule has 3 heterocycles. The average Bonchev–Trinajstić information content (AvgIpc) is 3.13. The molecule has 1 aliphatic rings. The van der Waals surface area contributed by atoms with Crippen LogP contribution in [0.25, 0.3) is 16.9 Å². The summed E-state index contributed by atoms with van der Waals surface area (Å²) in [6, 6.07) is 5.82. The van der Waals surface area contributed by atoms with Gasteiger partial charge in [-0.1, -0.05) is 12.0 Å². The van der Waals surface area contributed by atoms with Crippen LogP contribution in [-0.4, -0.2) is 44.9 Å². The zero-order valence-electron chi connectivity index (χ0n) is 17.8. The molecule has 1 N–H and O–H groups in total. The molecule has 0 spiro atoms. The van der Waals surface area contributed by atoms with Gasteiger partial charge in [-0.05, 0) is 44.0 Å². The van der Waals surface area contributed by atoms with Crippen molar-refractivity contribution < 1.29 is 0 Å². The average molecular weight is 406 g/mol. The summed E-state index contributed by atoms with van der Waals surface area (Å²) in [5.41, 5.74) is 2.90. The molecule has 0 aliphatic carbocycles. The first kappa shape index (κ1) is 20.0. The molecule has 156 valence electrons. The SMILES string of the molecule is CC#CCn1c(N2CCNCC2)nc2c1c(=O)n(C)c(=O)n2-c1ccc(C)c(C)c1. The van der Waals surface area contributed by atoms with E-state index >= 15 is 0 Å². The predicted molar refractivity (Wildman–Crippen MR) is 119 cm³/mol. The second-order valence-corrected chi connectivity index (χ2v) is 7.58. The highest BCUT2D eigenvalue weighted by Crippen LogP contribution is 2.23. The summed E-state index contributed by atoms with van der Waals surface area (Å²) in [6.45, 7) is 9.37. The maximum absolute atomic E-state index is 13.1. The molecule has 0 unspecified atom stereocenters. The maximum atomic E-state index is 13.1. The third kappa shape index (κ3) is 3.21. The number of aryl methyl sites for hydroxylation is 2. The van der Waals surface area contributed by atoms with Gasteiger partial charge in [0.05, 0.1) is 12.2 Å². The number of aromatic nitrogens is 4. The van der Waals surface area contributed by atoms with Crippen LogP contribution in [0.15, 0.2) is 27.8 Å². The summed E-state index contributed by atoms with van der Waals surface area (Å²) in [6.07, 6.45) is 0. The standard InChI is InChI=1S/C22H26N6O2/c1-5-6-11-27-18-19(24-21(27)26-12-9-23-10-13-26)28(22(30)25(4)20(18)29)17-8-7-15(2)16(3)14-17/h7-8,14,23H,9-13H2,1-4H3. The van der Waals surface area contributed by atoms with Crippen molar-refractivity contribution >= 4 is 17.1 Å². The van der Waals surface area contributed by atoms with E-state index in [1.54, 1.807) is 6.92 Å². The molecule has 30 heavy (non-hydrogen) atoms. The molecule has 0 amide bonds. The lowest BCUT2D eigenvalue weighted by Gasteiger charge is -2.28. The van der Waals surface area contributed by atoms with E-state index in [1.807, 2.05) is 36.6 Å². The van der Waals surface area contributed by atoms with Crippen LogP contribution in [0.1, 0.15) is 18.1 Å². The molecule has 0 atom stereocenters. The minimum atomic E-state index is -0.408. The third-order valence-corrected chi connectivity index (χ3v) is 5.69. The van der Waals surface area contributed by atoms with Crippen molar-refractivity contribution in [2.75, 3.05) is 31.1 Å². The van der Waals surface area contributed by atoms with Gasteiger partial charge >= 0.3 is 5.69 Å². The van der Waals surface area contributed by atoms with Crippen molar-refractivity contribution in [3.63, 3.8) is 0 Å². The van der Waals surface area contributed by atoms with Gasteiger partial charge in [0, 0.05) is 33.2 Å². The predicted octanol–water partition coefficient (Wildman–Crippen LogP) is 0.936. The van der Waals surface area contributed by atoms with Gasteiger partial charge in [0.2, 0.25) is 5.95 Å². The Hall–Kier alpha value is -3.31. The first-order chi connectivity index (χ1) is 14.4. The van der Waals surface area contributed by atoms with Crippen LogP contribution in [-0.2, 0) is 13.6 Å². The second-order valence-electron chi connectivity index (χ2n) is 7.58. The summed E-state index contributed by atoms with van der Waals surface area (Å²) in [4.78, 5) is 33.2. The maximum Gasteiger partial charge on any atom is 0.337 e. The Labute approximate surface area is 174 Å². The molecular weight excluding hydrogens is 380 g/mol. The van der Waals surface area contributed by atoms with E-state index in [0.717, 1.165) is 41.9 Å². The van der Waals surface area contributed by atoms with E-state index in [4.69, 9.17) is 4.98 Å². The van der Waals surface area contributed by atoms with Crippen LogP contribution in [0.5, 0.6) is 0 Å². The fraction of sp³-hybridized carbons (Fsp3) is 0.409. The largest absolute Gasteiger partial charge is 0.340 e. The summed E-state index contributed by atoms with van der Waals surface area (Å²) >= 11 is 0. The van der Waals surface area contributed by atoms with E-state index < -0.39 is 5.69 Å². The molecule has 3 aromatic rings. The summed E-state index contributed by atoms with van der Waals surface area (Å²) in [7, 11) is 1.51. The molecule has 1 aliphatic heterocycles. The molecule has 1 aromatic carbocycles. The lowest BCUT2D eigenvalue weighted by Crippen LogP contribution is -2.44. The van der Waals surface area contributed by atoms with Crippen LogP contribution in [0.4, 0.5) is 5.95 Å². The number of anilines is 1. The summed E-state index contributed by atoms with van der Waals surface area (Å²) in [5.74, 6) is 6.63. The van der Waals surface area contributed by atoms with Crippen molar-refractivity contribution in [2.45, 2.75) is 27.3 Å². The number of fused-ring (bicyclic) bond motifs is 1. The van der Waals surface area contributed by atoms with Crippen molar-refractivity contribution in [3.8, 4) is 17.5 Å². The Morgan fingerprint density at radius 2 is 1.87 bits per heavy atom. The van der Waals surface area contributed by atoms with Gasteiger partial charge in [-0.15, -0.1) is 5.92 Å². The summed E-state index contributed by atoms with van der Waals surface area (Å²) < 4.78 is 4.53. The second kappa shape index (κ2) is 7.84. The van der Waals surface area contributed by atoms with E-state index in [-0.39, 0.29) is 5.56 Å². The Kier molecular flexibility index (Phi) is 5.22. The topological polar surface area (TPSA) is 77.1 Å². The molecule has 1 saturated heterocycles. The third-order valence-electron chi connectivity index (χ3n) is 5.69. The van der Waals surface area contributed by atoms with Crippen molar-refractivity contribution in [1.82, 2.24) is 24.0 Å². The fourth-order valence-electron chi connectivity index (χ4n) is 3.79. The van der Waals surface area contributed by atoms with Gasteiger partial charge in [-0.3, -0.25) is 13.9 Å². The molecule has 8 heteroatoms. The Morgan fingerprint density at radius 3 is 2.53 bits per heavy atom. The number of piperazine rings is 1. The first-order valence-corrected chi connectivity index (χ1v) is 10.1. The smallest absolute Gasteiger partial charge is 0.337 e. The highest BCUT2D eigenvalue weighted by molar-refractivity contribution is 5.77.